The van der Waals surface area contributed by atoms with Crippen LogP contribution in [0.4, 0.5) is 0 Å². The van der Waals surface area contributed by atoms with Gasteiger partial charge in [0.2, 0.25) is 11.8 Å². The molecule has 0 bridgehead atoms. The Morgan fingerprint density at radius 1 is 1.57 bits per heavy atom. The van der Waals surface area contributed by atoms with Crippen molar-refractivity contribution in [1.82, 2.24) is 10.2 Å². The Kier molecular flexibility index (Phi) is 3.84. The van der Waals surface area contributed by atoms with Crippen LogP contribution in [0.25, 0.3) is 0 Å². The molecule has 1 saturated heterocycles. The molecule has 80 valence electrons. The lowest BCUT2D eigenvalue weighted by Crippen LogP contribution is -2.41. The highest BCUT2D eigenvalue weighted by Gasteiger charge is 2.24. The molecule has 0 spiro atoms. The Morgan fingerprint density at radius 3 is 2.79 bits per heavy atom. The van der Waals surface area contributed by atoms with Crippen molar-refractivity contribution in [3.8, 4) is 0 Å². The summed E-state index contributed by atoms with van der Waals surface area (Å²) in [6.45, 7) is 0.758. The van der Waals surface area contributed by atoms with E-state index in [1.807, 2.05) is 0 Å². The van der Waals surface area contributed by atoms with Crippen molar-refractivity contribution >= 4 is 11.8 Å². The predicted octanol–water partition coefficient (Wildman–Crippen LogP) is -2.35. The Hall–Kier alpha value is -1.14. The molecule has 14 heavy (non-hydrogen) atoms. The summed E-state index contributed by atoms with van der Waals surface area (Å²) in [4.78, 5) is 23.6. The molecule has 1 aliphatic rings. The van der Waals surface area contributed by atoms with Crippen molar-refractivity contribution < 1.29 is 14.7 Å². The molecular formula is C8H15N3O3. The Labute approximate surface area is 82.1 Å². The fraction of sp³-hybridized carbons (Fsp3) is 0.750. The van der Waals surface area contributed by atoms with Crippen LogP contribution in [0.1, 0.15) is 6.42 Å². The van der Waals surface area contributed by atoms with Gasteiger partial charge in [-0.1, -0.05) is 0 Å². The lowest BCUT2D eigenvalue weighted by molar-refractivity contribution is -0.132. The maximum atomic E-state index is 11.4. The second-order valence-corrected chi connectivity index (χ2v) is 3.26. The molecule has 1 fully saturated rings. The number of hydrogen-bond acceptors (Lipinski definition) is 4. The number of aliphatic hydroxyl groups is 1. The minimum atomic E-state index is -0.427. The molecule has 1 atom stereocenters. The van der Waals surface area contributed by atoms with Gasteiger partial charge in [0.05, 0.1) is 19.2 Å². The van der Waals surface area contributed by atoms with E-state index in [1.54, 1.807) is 0 Å². The molecular weight excluding hydrogens is 186 g/mol. The molecule has 0 saturated carbocycles. The van der Waals surface area contributed by atoms with Crippen molar-refractivity contribution in [2.45, 2.75) is 12.5 Å². The van der Waals surface area contributed by atoms with E-state index in [0.29, 0.717) is 19.5 Å². The smallest absolute Gasteiger partial charge is 0.242 e. The number of aliphatic hydroxyl groups excluding tert-OH is 1. The standard InChI is InChI=1S/C8H15N3O3/c9-3-7(13)10-4-8(14)11-2-1-6(12)5-11/h6,12H,1-5,9H2,(H,10,13)/t6-/m0/s1. The fourth-order valence-electron chi connectivity index (χ4n) is 1.33. The fourth-order valence-corrected chi connectivity index (χ4v) is 1.33. The molecule has 6 nitrogen and oxygen atoms in total. The maximum Gasteiger partial charge on any atom is 0.242 e. The second kappa shape index (κ2) is 4.92. The highest BCUT2D eigenvalue weighted by atomic mass is 16.3. The van der Waals surface area contributed by atoms with Gasteiger partial charge in [0.1, 0.15) is 0 Å². The summed E-state index contributed by atoms with van der Waals surface area (Å²) in [6, 6.07) is 0. The van der Waals surface area contributed by atoms with E-state index in [9.17, 15) is 14.7 Å². The third-order valence-electron chi connectivity index (χ3n) is 2.14. The van der Waals surface area contributed by atoms with Crippen LogP contribution in [0.5, 0.6) is 0 Å². The summed E-state index contributed by atoms with van der Waals surface area (Å²) in [5.41, 5.74) is 5.06. The highest BCUT2D eigenvalue weighted by Crippen LogP contribution is 2.07. The molecule has 1 aliphatic heterocycles. The number of amides is 2. The van der Waals surface area contributed by atoms with Gasteiger partial charge in [0.15, 0.2) is 0 Å². The van der Waals surface area contributed by atoms with Crippen LogP contribution in [-0.2, 0) is 9.59 Å². The summed E-state index contributed by atoms with van der Waals surface area (Å²) in [5, 5.41) is 11.6. The number of nitrogens with zero attached hydrogens (tertiary/aromatic N) is 1. The van der Waals surface area contributed by atoms with Crippen LogP contribution in [0.3, 0.4) is 0 Å². The number of rotatable bonds is 3. The van der Waals surface area contributed by atoms with Crippen LogP contribution in [0.2, 0.25) is 0 Å². The summed E-state index contributed by atoms with van der Waals surface area (Å²) in [7, 11) is 0. The summed E-state index contributed by atoms with van der Waals surface area (Å²) in [6.07, 6.45) is 0.181. The first kappa shape index (κ1) is 10.9. The SMILES string of the molecule is NCC(=O)NCC(=O)N1CC[C@H](O)C1. The average molecular weight is 201 g/mol. The van der Waals surface area contributed by atoms with Gasteiger partial charge in [-0.25, -0.2) is 0 Å². The molecule has 0 unspecified atom stereocenters. The first-order valence-electron chi connectivity index (χ1n) is 4.56. The van der Waals surface area contributed by atoms with Crippen molar-refractivity contribution in [2.24, 2.45) is 5.73 Å². The number of likely N-dealkylation sites (tertiary alicyclic amines) is 1. The van der Waals surface area contributed by atoms with E-state index in [1.165, 1.54) is 4.90 Å². The monoisotopic (exact) mass is 201 g/mol. The van der Waals surface area contributed by atoms with Crippen LogP contribution < -0.4 is 11.1 Å². The number of nitrogens with two attached hydrogens (primary N) is 1. The number of carbonyl (C=O) groups excluding carboxylic acids is 2. The minimum Gasteiger partial charge on any atom is -0.391 e. The number of carbonyl (C=O) groups is 2. The molecule has 0 aliphatic carbocycles. The first-order valence-corrected chi connectivity index (χ1v) is 4.56. The van der Waals surface area contributed by atoms with Crippen LogP contribution in [0.15, 0.2) is 0 Å². The summed E-state index contributed by atoms with van der Waals surface area (Å²) < 4.78 is 0. The highest BCUT2D eigenvalue weighted by molar-refractivity contribution is 5.85. The van der Waals surface area contributed by atoms with Crippen LogP contribution >= 0.6 is 0 Å². The lowest BCUT2D eigenvalue weighted by atomic mass is 10.3. The minimum absolute atomic E-state index is 0.0389. The van der Waals surface area contributed by atoms with Crippen LogP contribution in [0, 0.1) is 0 Å². The van der Waals surface area contributed by atoms with Crippen LogP contribution in [-0.4, -0.2) is 54.1 Å². The van der Waals surface area contributed by atoms with Gasteiger partial charge in [-0.3, -0.25) is 9.59 Å². The number of nitrogens with one attached hydrogen (secondary N) is 1. The van der Waals surface area contributed by atoms with Crippen molar-refractivity contribution in [3.05, 3.63) is 0 Å². The molecule has 1 heterocycles. The third kappa shape index (κ3) is 2.97. The van der Waals surface area contributed by atoms with E-state index in [-0.39, 0.29) is 24.9 Å². The molecule has 0 aromatic rings. The molecule has 0 radical (unpaired) electrons. The number of hydrogen-bond donors (Lipinski definition) is 3. The zero-order valence-corrected chi connectivity index (χ0v) is 7.90. The number of β-amino-alcohol motifs (C(OH)–C–C–N with tert-alkyl or cyclic N) is 1. The lowest BCUT2D eigenvalue weighted by Gasteiger charge is -2.15. The molecule has 2 amide bonds. The van der Waals surface area contributed by atoms with Gasteiger partial charge in [0, 0.05) is 13.1 Å². The molecule has 4 N–H and O–H groups in total. The molecule has 0 aromatic heterocycles. The average Bonchev–Trinajstić information content (AvgIpc) is 2.60. The Bertz CT molecular complexity index is 232. The maximum absolute atomic E-state index is 11.4. The third-order valence-corrected chi connectivity index (χ3v) is 2.14. The first-order chi connectivity index (χ1) is 6.63. The Morgan fingerprint density at radius 2 is 2.29 bits per heavy atom. The molecule has 1 rings (SSSR count). The zero-order valence-electron chi connectivity index (χ0n) is 7.90. The van der Waals surface area contributed by atoms with Gasteiger partial charge in [-0.15, -0.1) is 0 Å². The second-order valence-electron chi connectivity index (χ2n) is 3.26. The van der Waals surface area contributed by atoms with Crippen molar-refractivity contribution in [2.75, 3.05) is 26.2 Å². The van der Waals surface area contributed by atoms with Gasteiger partial charge >= 0.3 is 0 Å². The van der Waals surface area contributed by atoms with E-state index in [4.69, 9.17) is 5.73 Å². The van der Waals surface area contributed by atoms with E-state index >= 15 is 0 Å². The van der Waals surface area contributed by atoms with Gasteiger partial charge < -0.3 is 21.1 Å². The quantitative estimate of drug-likeness (QED) is 0.476. The van der Waals surface area contributed by atoms with E-state index in [2.05, 4.69) is 5.32 Å². The van der Waals surface area contributed by atoms with E-state index < -0.39 is 6.10 Å². The zero-order chi connectivity index (χ0) is 10.6. The predicted molar refractivity (Wildman–Crippen MR) is 49.3 cm³/mol. The van der Waals surface area contributed by atoms with Gasteiger partial charge in [-0.2, -0.15) is 0 Å². The largest absolute Gasteiger partial charge is 0.391 e. The van der Waals surface area contributed by atoms with Gasteiger partial charge in [-0.05, 0) is 6.42 Å². The molecule has 6 heteroatoms. The van der Waals surface area contributed by atoms with Crippen molar-refractivity contribution in [3.63, 3.8) is 0 Å². The van der Waals surface area contributed by atoms with Crippen molar-refractivity contribution in [1.29, 1.82) is 0 Å². The topological polar surface area (TPSA) is 95.7 Å². The summed E-state index contributed by atoms with van der Waals surface area (Å²) in [5.74, 6) is -0.526. The van der Waals surface area contributed by atoms with Gasteiger partial charge in [0.25, 0.3) is 0 Å². The Balaban J connectivity index is 2.25. The van der Waals surface area contributed by atoms with E-state index in [0.717, 1.165) is 0 Å². The summed E-state index contributed by atoms with van der Waals surface area (Å²) >= 11 is 0. The normalized spacial score (nSPS) is 21.0. The molecule has 0 aromatic carbocycles.